The molecule has 0 bridgehead atoms. The molecule has 4 heteroatoms. The van der Waals surface area contributed by atoms with Crippen LogP contribution in [-0.4, -0.2) is 22.3 Å². The van der Waals surface area contributed by atoms with Crippen molar-refractivity contribution in [3.05, 3.63) is 53.9 Å². The van der Waals surface area contributed by atoms with Crippen molar-refractivity contribution in [2.75, 3.05) is 0 Å². The highest BCUT2D eigenvalue weighted by Gasteiger charge is 2.03. The molecule has 1 aromatic heterocycles. The SMILES string of the molecule is O=Cc1cncc(-c2ccc(C(=O)O)cc2)c1. The predicted molar refractivity (Wildman–Crippen MR) is 62.0 cm³/mol. The lowest BCUT2D eigenvalue weighted by Gasteiger charge is -2.02. The summed E-state index contributed by atoms with van der Waals surface area (Å²) in [5.74, 6) is -0.962. The molecular formula is C13H9NO3. The molecule has 2 rings (SSSR count). The lowest BCUT2D eigenvalue weighted by atomic mass is 10.0. The highest BCUT2D eigenvalue weighted by atomic mass is 16.4. The fourth-order valence-corrected chi connectivity index (χ4v) is 1.49. The number of aromatic carboxylic acids is 1. The van der Waals surface area contributed by atoms with E-state index in [-0.39, 0.29) is 5.56 Å². The summed E-state index contributed by atoms with van der Waals surface area (Å²) in [4.78, 5) is 25.2. The largest absolute Gasteiger partial charge is 0.478 e. The van der Waals surface area contributed by atoms with Gasteiger partial charge in [-0.1, -0.05) is 12.1 Å². The minimum absolute atomic E-state index is 0.230. The van der Waals surface area contributed by atoms with E-state index in [1.807, 2.05) is 0 Å². The van der Waals surface area contributed by atoms with Crippen molar-refractivity contribution < 1.29 is 14.7 Å². The van der Waals surface area contributed by atoms with Gasteiger partial charge in [0.05, 0.1) is 5.56 Å². The maximum atomic E-state index is 10.7. The van der Waals surface area contributed by atoms with Gasteiger partial charge in [-0.15, -0.1) is 0 Å². The van der Waals surface area contributed by atoms with Gasteiger partial charge in [0, 0.05) is 23.5 Å². The van der Waals surface area contributed by atoms with Gasteiger partial charge in [0.2, 0.25) is 0 Å². The van der Waals surface area contributed by atoms with Gasteiger partial charge in [-0.25, -0.2) is 4.79 Å². The second-order valence-electron chi connectivity index (χ2n) is 3.51. The molecule has 2 aromatic rings. The quantitative estimate of drug-likeness (QED) is 0.816. The molecule has 1 aromatic carbocycles. The number of hydrogen-bond donors (Lipinski definition) is 1. The molecule has 0 spiro atoms. The zero-order valence-electron chi connectivity index (χ0n) is 8.83. The van der Waals surface area contributed by atoms with Crippen molar-refractivity contribution in [1.82, 2.24) is 4.98 Å². The number of pyridine rings is 1. The van der Waals surface area contributed by atoms with E-state index >= 15 is 0 Å². The number of nitrogens with zero attached hydrogens (tertiary/aromatic N) is 1. The number of carboxylic acid groups (broad SMARTS) is 1. The highest BCUT2D eigenvalue weighted by molar-refractivity contribution is 5.88. The molecule has 0 radical (unpaired) electrons. The topological polar surface area (TPSA) is 67.3 Å². The minimum Gasteiger partial charge on any atom is -0.478 e. The van der Waals surface area contributed by atoms with E-state index < -0.39 is 5.97 Å². The predicted octanol–water partition coefficient (Wildman–Crippen LogP) is 2.26. The van der Waals surface area contributed by atoms with Crippen LogP contribution in [-0.2, 0) is 0 Å². The fraction of sp³-hybridized carbons (Fsp3) is 0. The summed E-state index contributed by atoms with van der Waals surface area (Å²) in [6, 6.07) is 8.12. The Morgan fingerprint density at radius 1 is 1.12 bits per heavy atom. The standard InChI is InChI=1S/C13H9NO3/c15-8-9-5-12(7-14-6-9)10-1-3-11(4-2-10)13(16)17/h1-8H,(H,16,17). The molecule has 0 aliphatic rings. The zero-order chi connectivity index (χ0) is 12.3. The summed E-state index contributed by atoms with van der Waals surface area (Å²) in [5, 5.41) is 8.77. The van der Waals surface area contributed by atoms with E-state index in [4.69, 9.17) is 5.11 Å². The molecule has 1 N–H and O–H groups in total. The Balaban J connectivity index is 2.39. The van der Waals surface area contributed by atoms with Crippen LogP contribution in [0.15, 0.2) is 42.7 Å². The first-order chi connectivity index (χ1) is 8.20. The number of carbonyl (C=O) groups excluding carboxylic acids is 1. The first kappa shape index (κ1) is 11.0. The monoisotopic (exact) mass is 227 g/mol. The fourth-order valence-electron chi connectivity index (χ4n) is 1.49. The third-order valence-electron chi connectivity index (χ3n) is 2.36. The van der Waals surface area contributed by atoms with E-state index in [9.17, 15) is 9.59 Å². The van der Waals surface area contributed by atoms with Crippen LogP contribution in [0.3, 0.4) is 0 Å². The van der Waals surface area contributed by atoms with Crippen LogP contribution in [0.4, 0.5) is 0 Å². The molecule has 17 heavy (non-hydrogen) atoms. The average Bonchev–Trinajstić information content (AvgIpc) is 2.39. The molecule has 84 valence electrons. The Morgan fingerprint density at radius 2 is 1.82 bits per heavy atom. The number of aromatic nitrogens is 1. The van der Waals surface area contributed by atoms with Crippen LogP contribution in [0.5, 0.6) is 0 Å². The Morgan fingerprint density at radius 3 is 2.41 bits per heavy atom. The van der Waals surface area contributed by atoms with Gasteiger partial charge in [-0.3, -0.25) is 9.78 Å². The van der Waals surface area contributed by atoms with E-state index in [1.54, 1.807) is 24.4 Å². The van der Waals surface area contributed by atoms with Crippen molar-refractivity contribution in [2.45, 2.75) is 0 Å². The van der Waals surface area contributed by atoms with Gasteiger partial charge >= 0.3 is 5.97 Å². The average molecular weight is 227 g/mol. The van der Waals surface area contributed by atoms with Crippen LogP contribution >= 0.6 is 0 Å². The lowest BCUT2D eigenvalue weighted by molar-refractivity contribution is 0.0696. The maximum absolute atomic E-state index is 10.7. The number of benzene rings is 1. The molecule has 1 heterocycles. The van der Waals surface area contributed by atoms with Crippen LogP contribution in [0.25, 0.3) is 11.1 Å². The number of carboxylic acids is 1. The summed E-state index contributed by atoms with van der Waals surface area (Å²) >= 11 is 0. The molecule has 0 amide bonds. The summed E-state index contributed by atoms with van der Waals surface area (Å²) in [6.45, 7) is 0. The van der Waals surface area contributed by atoms with E-state index in [0.29, 0.717) is 5.56 Å². The molecule has 0 saturated carbocycles. The van der Waals surface area contributed by atoms with Gasteiger partial charge < -0.3 is 5.11 Å². The molecule has 0 aliphatic heterocycles. The van der Waals surface area contributed by atoms with E-state index in [0.717, 1.165) is 17.4 Å². The molecule has 0 fully saturated rings. The van der Waals surface area contributed by atoms with E-state index in [2.05, 4.69) is 4.98 Å². The van der Waals surface area contributed by atoms with Gasteiger partial charge in [-0.2, -0.15) is 0 Å². The number of hydrogen-bond acceptors (Lipinski definition) is 3. The lowest BCUT2D eigenvalue weighted by Crippen LogP contribution is -1.95. The first-order valence-electron chi connectivity index (χ1n) is 4.94. The van der Waals surface area contributed by atoms with Crippen molar-refractivity contribution in [2.24, 2.45) is 0 Å². The number of aldehydes is 1. The Bertz CT molecular complexity index is 561. The Kier molecular flexibility index (Phi) is 2.96. The van der Waals surface area contributed by atoms with Crippen molar-refractivity contribution in [3.8, 4) is 11.1 Å². The smallest absolute Gasteiger partial charge is 0.335 e. The summed E-state index contributed by atoms with van der Waals surface area (Å²) < 4.78 is 0. The normalized spacial score (nSPS) is 9.88. The second kappa shape index (κ2) is 4.57. The van der Waals surface area contributed by atoms with Crippen LogP contribution < -0.4 is 0 Å². The molecule has 0 aliphatic carbocycles. The van der Waals surface area contributed by atoms with Gasteiger partial charge in [0.25, 0.3) is 0 Å². The molecule has 4 nitrogen and oxygen atoms in total. The zero-order valence-corrected chi connectivity index (χ0v) is 8.83. The summed E-state index contributed by atoms with van der Waals surface area (Å²) in [6.07, 6.45) is 3.83. The van der Waals surface area contributed by atoms with Gasteiger partial charge in [0.1, 0.15) is 0 Å². The highest BCUT2D eigenvalue weighted by Crippen LogP contribution is 2.19. The van der Waals surface area contributed by atoms with Gasteiger partial charge in [-0.05, 0) is 23.8 Å². The Hall–Kier alpha value is -2.49. The summed E-state index contributed by atoms with van der Waals surface area (Å²) in [7, 11) is 0. The third kappa shape index (κ3) is 2.36. The molecule has 0 atom stereocenters. The number of rotatable bonds is 3. The van der Waals surface area contributed by atoms with E-state index in [1.165, 1.54) is 18.3 Å². The van der Waals surface area contributed by atoms with Crippen molar-refractivity contribution in [1.29, 1.82) is 0 Å². The molecular weight excluding hydrogens is 218 g/mol. The van der Waals surface area contributed by atoms with Gasteiger partial charge in [0.15, 0.2) is 6.29 Å². The first-order valence-corrected chi connectivity index (χ1v) is 4.94. The Labute approximate surface area is 97.6 Å². The second-order valence-corrected chi connectivity index (χ2v) is 3.51. The third-order valence-corrected chi connectivity index (χ3v) is 2.36. The van der Waals surface area contributed by atoms with Crippen molar-refractivity contribution in [3.63, 3.8) is 0 Å². The minimum atomic E-state index is -0.962. The summed E-state index contributed by atoms with van der Waals surface area (Å²) in [5.41, 5.74) is 2.33. The van der Waals surface area contributed by atoms with Crippen LogP contribution in [0.1, 0.15) is 20.7 Å². The van der Waals surface area contributed by atoms with Crippen molar-refractivity contribution >= 4 is 12.3 Å². The molecule has 0 unspecified atom stereocenters. The maximum Gasteiger partial charge on any atom is 0.335 e. The van der Waals surface area contributed by atoms with Crippen LogP contribution in [0.2, 0.25) is 0 Å². The van der Waals surface area contributed by atoms with Crippen LogP contribution in [0, 0.1) is 0 Å². The molecule has 0 saturated heterocycles. The number of carbonyl (C=O) groups is 2.